The third-order valence-electron chi connectivity index (χ3n) is 5.97. The minimum Gasteiger partial charge on any atom is -0.477 e. The summed E-state index contributed by atoms with van der Waals surface area (Å²) < 4.78 is 52.2. The maximum absolute atomic E-state index is 13.1. The van der Waals surface area contributed by atoms with E-state index in [-0.39, 0.29) is 28.3 Å². The summed E-state index contributed by atoms with van der Waals surface area (Å²) in [7, 11) is 0. The number of aryl methyl sites for hydroxylation is 2. The number of rotatable bonds is 9. The van der Waals surface area contributed by atoms with E-state index in [2.05, 4.69) is 9.97 Å². The number of hydrogen-bond acceptors (Lipinski definition) is 5. The molecule has 0 spiro atoms. The van der Waals surface area contributed by atoms with Crippen LogP contribution < -0.4 is 15.2 Å². The lowest BCUT2D eigenvalue weighted by molar-refractivity contribution is -0.137. The summed E-state index contributed by atoms with van der Waals surface area (Å²) in [6.45, 7) is 2.83. The number of aromatic nitrogens is 3. The van der Waals surface area contributed by atoms with Crippen molar-refractivity contribution in [1.29, 1.82) is 0 Å². The zero-order valence-corrected chi connectivity index (χ0v) is 20.8. The molecule has 0 radical (unpaired) electrons. The molecule has 2 heterocycles. The van der Waals surface area contributed by atoms with Gasteiger partial charge >= 0.3 is 11.9 Å². The first kappa shape index (κ1) is 26.5. The second kappa shape index (κ2) is 11.6. The SMILES string of the molecule is CC1CC(Oc2ccc(Cl)c(C(F)(F)F)c2)=CC=C1CCOc1ccn(CCc2cccnc2)c(=O)n1. The second-order valence-corrected chi connectivity index (χ2v) is 9.08. The van der Waals surface area contributed by atoms with Gasteiger partial charge in [-0.25, -0.2) is 4.79 Å². The van der Waals surface area contributed by atoms with Crippen LogP contribution in [0.1, 0.15) is 30.9 Å². The molecule has 194 valence electrons. The first-order valence-corrected chi connectivity index (χ1v) is 12.1. The van der Waals surface area contributed by atoms with Crippen LogP contribution in [0, 0.1) is 5.92 Å². The van der Waals surface area contributed by atoms with Crippen molar-refractivity contribution in [3.05, 3.63) is 105 Å². The van der Waals surface area contributed by atoms with Crippen molar-refractivity contribution in [2.75, 3.05) is 6.61 Å². The van der Waals surface area contributed by atoms with Crippen molar-refractivity contribution >= 4 is 11.6 Å². The molecule has 0 fully saturated rings. The molecule has 0 amide bonds. The third-order valence-corrected chi connectivity index (χ3v) is 6.30. The van der Waals surface area contributed by atoms with Crippen molar-refractivity contribution in [3.63, 3.8) is 0 Å². The summed E-state index contributed by atoms with van der Waals surface area (Å²) in [5.74, 6) is 1.00. The van der Waals surface area contributed by atoms with E-state index >= 15 is 0 Å². The van der Waals surface area contributed by atoms with Gasteiger partial charge in [0, 0.05) is 44.0 Å². The monoisotopic (exact) mass is 531 g/mol. The fourth-order valence-electron chi connectivity index (χ4n) is 3.94. The van der Waals surface area contributed by atoms with E-state index in [9.17, 15) is 18.0 Å². The van der Waals surface area contributed by atoms with Gasteiger partial charge < -0.3 is 9.47 Å². The predicted molar refractivity (Wildman–Crippen MR) is 134 cm³/mol. The smallest absolute Gasteiger partial charge is 0.417 e. The highest BCUT2D eigenvalue weighted by molar-refractivity contribution is 6.31. The topological polar surface area (TPSA) is 66.2 Å². The molecule has 1 unspecified atom stereocenters. The molecule has 6 nitrogen and oxygen atoms in total. The van der Waals surface area contributed by atoms with Gasteiger partial charge in [0.2, 0.25) is 5.88 Å². The van der Waals surface area contributed by atoms with E-state index in [4.69, 9.17) is 21.1 Å². The second-order valence-electron chi connectivity index (χ2n) is 8.67. The summed E-state index contributed by atoms with van der Waals surface area (Å²) in [6.07, 6.45) is 6.02. The van der Waals surface area contributed by atoms with Crippen LogP contribution in [0.5, 0.6) is 11.6 Å². The highest BCUT2D eigenvalue weighted by Crippen LogP contribution is 2.38. The molecule has 1 aromatic carbocycles. The average molecular weight is 532 g/mol. The molecule has 0 saturated carbocycles. The average Bonchev–Trinajstić information content (AvgIpc) is 2.86. The maximum atomic E-state index is 13.1. The fourth-order valence-corrected chi connectivity index (χ4v) is 4.16. The predicted octanol–water partition coefficient (Wildman–Crippen LogP) is 6.25. The van der Waals surface area contributed by atoms with Crippen LogP contribution >= 0.6 is 11.6 Å². The molecule has 1 aliphatic carbocycles. The Balaban J connectivity index is 1.30. The molecule has 4 rings (SSSR count). The zero-order valence-electron chi connectivity index (χ0n) is 20.0. The lowest BCUT2D eigenvalue weighted by Crippen LogP contribution is -2.23. The van der Waals surface area contributed by atoms with Crippen LogP contribution in [-0.4, -0.2) is 21.1 Å². The molecule has 1 atom stereocenters. The number of nitrogens with zero attached hydrogens (tertiary/aromatic N) is 3. The third kappa shape index (κ3) is 7.22. The quantitative estimate of drug-likeness (QED) is 0.326. The minimum atomic E-state index is -4.56. The molecule has 1 aliphatic rings. The Labute approximate surface area is 217 Å². The molecule has 2 aromatic heterocycles. The fraction of sp³-hybridized carbons (Fsp3) is 0.296. The number of allylic oxidation sites excluding steroid dienone is 3. The summed E-state index contributed by atoms with van der Waals surface area (Å²) >= 11 is 5.68. The zero-order chi connectivity index (χ0) is 26.4. The van der Waals surface area contributed by atoms with Gasteiger partial charge in [0.15, 0.2) is 0 Å². The standard InChI is InChI=1S/C27H25ClF3N3O3/c1-18-15-21(37-22-6-7-24(28)23(16-22)27(29,30)31)5-4-20(18)10-14-36-25-9-13-34(26(35)33-25)12-8-19-3-2-11-32-17-19/h2-7,9,11,13,16-18H,8,10,12,14-15H2,1H3. The molecule has 0 saturated heterocycles. The van der Waals surface area contributed by atoms with E-state index in [1.165, 1.54) is 16.7 Å². The van der Waals surface area contributed by atoms with Crippen molar-refractivity contribution in [3.8, 4) is 11.6 Å². The van der Waals surface area contributed by atoms with Gasteiger partial charge in [-0.05, 0) is 48.2 Å². The van der Waals surface area contributed by atoms with Gasteiger partial charge in [0.1, 0.15) is 11.5 Å². The molecule has 0 N–H and O–H groups in total. The largest absolute Gasteiger partial charge is 0.477 e. The van der Waals surface area contributed by atoms with Gasteiger partial charge in [-0.2, -0.15) is 18.2 Å². The van der Waals surface area contributed by atoms with E-state index in [1.54, 1.807) is 30.7 Å². The highest BCUT2D eigenvalue weighted by atomic mass is 35.5. The van der Waals surface area contributed by atoms with Gasteiger partial charge in [-0.1, -0.05) is 36.2 Å². The summed E-state index contributed by atoms with van der Waals surface area (Å²) in [4.78, 5) is 20.4. The first-order valence-electron chi connectivity index (χ1n) is 11.7. The lowest BCUT2D eigenvalue weighted by Gasteiger charge is -2.22. The molecule has 10 heteroatoms. The molecule has 3 aromatic rings. The molecular formula is C27H25ClF3N3O3. The van der Waals surface area contributed by atoms with E-state index < -0.39 is 11.7 Å². The van der Waals surface area contributed by atoms with Gasteiger partial charge in [-0.15, -0.1) is 0 Å². The number of hydrogen-bond donors (Lipinski definition) is 0. The van der Waals surface area contributed by atoms with Crippen molar-refractivity contribution in [2.24, 2.45) is 5.92 Å². The van der Waals surface area contributed by atoms with E-state index in [1.807, 2.05) is 25.1 Å². The Morgan fingerprint density at radius 2 is 2.00 bits per heavy atom. The van der Waals surface area contributed by atoms with Crippen LogP contribution in [0.2, 0.25) is 5.02 Å². The Morgan fingerprint density at radius 1 is 1.16 bits per heavy atom. The highest BCUT2D eigenvalue weighted by Gasteiger charge is 2.33. The van der Waals surface area contributed by atoms with Crippen LogP contribution in [0.25, 0.3) is 0 Å². The normalized spacial score (nSPS) is 15.6. The van der Waals surface area contributed by atoms with Gasteiger partial charge in [-0.3, -0.25) is 9.55 Å². The number of pyridine rings is 1. The lowest BCUT2D eigenvalue weighted by atomic mass is 9.90. The summed E-state index contributed by atoms with van der Waals surface area (Å²) in [5.41, 5.74) is 0.821. The molecule has 37 heavy (non-hydrogen) atoms. The molecule has 0 aliphatic heterocycles. The van der Waals surface area contributed by atoms with Crippen molar-refractivity contribution in [2.45, 2.75) is 38.9 Å². The number of ether oxygens (including phenoxy) is 2. The number of alkyl halides is 3. The summed E-state index contributed by atoms with van der Waals surface area (Å²) in [5, 5.41) is -0.371. The Kier molecular flexibility index (Phi) is 8.33. The Morgan fingerprint density at radius 3 is 2.70 bits per heavy atom. The van der Waals surface area contributed by atoms with E-state index in [0.717, 1.165) is 17.2 Å². The number of benzene rings is 1. The first-order chi connectivity index (χ1) is 17.7. The van der Waals surface area contributed by atoms with E-state index in [0.29, 0.717) is 38.2 Å². The van der Waals surface area contributed by atoms with Crippen LogP contribution in [-0.2, 0) is 19.1 Å². The Bertz CT molecular complexity index is 1350. The van der Waals surface area contributed by atoms with Crippen LogP contribution in [0.4, 0.5) is 13.2 Å². The maximum Gasteiger partial charge on any atom is 0.417 e. The van der Waals surface area contributed by atoms with Crippen LogP contribution in [0.3, 0.4) is 0 Å². The van der Waals surface area contributed by atoms with Crippen molar-refractivity contribution in [1.82, 2.24) is 14.5 Å². The van der Waals surface area contributed by atoms with Crippen molar-refractivity contribution < 1.29 is 22.6 Å². The number of halogens is 4. The van der Waals surface area contributed by atoms with Gasteiger partial charge in [0.05, 0.1) is 17.2 Å². The minimum absolute atomic E-state index is 0.0802. The Hall–Kier alpha value is -3.59. The van der Waals surface area contributed by atoms with Gasteiger partial charge in [0.25, 0.3) is 0 Å². The molecule has 0 bridgehead atoms. The molecular weight excluding hydrogens is 507 g/mol. The summed E-state index contributed by atoms with van der Waals surface area (Å²) in [6, 6.07) is 8.97. The van der Waals surface area contributed by atoms with Crippen LogP contribution in [0.15, 0.2) is 83.3 Å².